The lowest BCUT2D eigenvalue weighted by Gasteiger charge is -2.35. The van der Waals surface area contributed by atoms with E-state index >= 15 is 0 Å². The predicted molar refractivity (Wildman–Crippen MR) is 72.0 cm³/mol. The van der Waals surface area contributed by atoms with Crippen molar-refractivity contribution >= 4 is 23.5 Å². The molecule has 0 aliphatic carbocycles. The normalized spacial score (nSPS) is 22.7. The lowest BCUT2D eigenvalue weighted by atomic mass is 9.74. The van der Waals surface area contributed by atoms with Crippen molar-refractivity contribution in [3.8, 4) is 0 Å². The molecule has 1 amide bonds. The molecule has 2 rings (SSSR count). The van der Waals surface area contributed by atoms with Gasteiger partial charge in [0, 0.05) is 18.0 Å². The van der Waals surface area contributed by atoms with Gasteiger partial charge in [0.1, 0.15) is 5.41 Å². The Bertz CT molecular complexity index is 474. The van der Waals surface area contributed by atoms with E-state index in [1.807, 2.05) is 12.1 Å². The number of ether oxygens (including phenoxy) is 1. The number of esters is 1. The van der Waals surface area contributed by atoms with Crippen molar-refractivity contribution in [1.29, 1.82) is 0 Å². The third-order valence-corrected chi connectivity index (χ3v) is 3.68. The Labute approximate surface area is 117 Å². The van der Waals surface area contributed by atoms with Crippen molar-refractivity contribution in [3.63, 3.8) is 0 Å². The van der Waals surface area contributed by atoms with Gasteiger partial charge >= 0.3 is 5.97 Å². The van der Waals surface area contributed by atoms with Crippen molar-refractivity contribution in [2.24, 2.45) is 0 Å². The number of nitrogens with one attached hydrogen (secondary N) is 1. The number of halogens is 1. The molecule has 4 nitrogen and oxygen atoms in total. The van der Waals surface area contributed by atoms with E-state index in [0.29, 0.717) is 24.5 Å². The van der Waals surface area contributed by atoms with E-state index in [1.165, 1.54) is 0 Å². The van der Waals surface area contributed by atoms with Crippen LogP contribution >= 0.6 is 11.6 Å². The fraction of sp³-hybridized carbons (Fsp3) is 0.429. The van der Waals surface area contributed by atoms with Gasteiger partial charge in [-0.1, -0.05) is 23.7 Å². The molecule has 5 heteroatoms. The highest BCUT2D eigenvalue weighted by Crippen LogP contribution is 2.33. The van der Waals surface area contributed by atoms with Crippen LogP contribution in [0.2, 0.25) is 5.02 Å². The Morgan fingerprint density at radius 3 is 2.63 bits per heavy atom. The molecule has 1 aliphatic heterocycles. The van der Waals surface area contributed by atoms with Crippen LogP contribution in [0.3, 0.4) is 0 Å². The summed E-state index contributed by atoms with van der Waals surface area (Å²) < 4.78 is 5.18. The van der Waals surface area contributed by atoms with Crippen molar-refractivity contribution in [1.82, 2.24) is 5.32 Å². The van der Waals surface area contributed by atoms with Gasteiger partial charge in [-0.05, 0) is 31.0 Å². The molecule has 0 spiro atoms. The quantitative estimate of drug-likeness (QED) is 0.863. The lowest BCUT2D eigenvalue weighted by molar-refractivity contribution is -0.151. The summed E-state index contributed by atoms with van der Waals surface area (Å²) in [5.41, 5.74) is 0.0319. The second-order valence-electron chi connectivity index (χ2n) is 4.59. The number of amides is 1. The number of piperidine rings is 1. The minimum absolute atomic E-state index is 0.0334. The first-order chi connectivity index (χ1) is 9.08. The largest absolute Gasteiger partial charge is 0.465 e. The first-order valence-corrected chi connectivity index (χ1v) is 6.66. The number of rotatable bonds is 3. The maximum Gasteiger partial charge on any atom is 0.318 e. The Hall–Kier alpha value is -1.55. The number of carbonyl (C=O) groups is 2. The van der Waals surface area contributed by atoms with Crippen LogP contribution in [-0.2, 0) is 19.7 Å². The molecular weight excluding hydrogens is 266 g/mol. The van der Waals surface area contributed by atoms with Crippen LogP contribution in [0.1, 0.15) is 25.3 Å². The molecule has 0 bridgehead atoms. The number of carbonyl (C=O) groups excluding carboxylic acids is 2. The van der Waals surface area contributed by atoms with E-state index in [0.717, 1.165) is 5.56 Å². The highest BCUT2D eigenvalue weighted by Gasteiger charge is 2.44. The second kappa shape index (κ2) is 5.61. The van der Waals surface area contributed by atoms with E-state index in [2.05, 4.69) is 5.32 Å². The van der Waals surface area contributed by atoms with Crippen molar-refractivity contribution in [2.75, 3.05) is 13.2 Å². The van der Waals surface area contributed by atoms with Crippen LogP contribution in [-0.4, -0.2) is 25.0 Å². The third kappa shape index (κ3) is 2.73. The van der Waals surface area contributed by atoms with Gasteiger partial charge < -0.3 is 10.1 Å². The topological polar surface area (TPSA) is 55.4 Å². The molecular formula is C14H16ClNO3. The number of benzene rings is 1. The average Bonchev–Trinajstić information content (AvgIpc) is 2.41. The van der Waals surface area contributed by atoms with Crippen molar-refractivity contribution in [2.45, 2.75) is 25.2 Å². The zero-order valence-corrected chi connectivity index (χ0v) is 11.5. The maximum absolute atomic E-state index is 12.3. The van der Waals surface area contributed by atoms with Gasteiger partial charge in [0.25, 0.3) is 0 Å². The van der Waals surface area contributed by atoms with Crippen molar-refractivity contribution in [3.05, 3.63) is 34.9 Å². The van der Waals surface area contributed by atoms with Crippen LogP contribution in [0.15, 0.2) is 24.3 Å². The molecule has 19 heavy (non-hydrogen) atoms. The summed E-state index contributed by atoms with van der Waals surface area (Å²) in [6.45, 7) is 2.36. The zero-order valence-electron chi connectivity index (χ0n) is 10.7. The van der Waals surface area contributed by atoms with Crippen LogP contribution < -0.4 is 5.32 Å². The third-order valence-electron chi connectivity index (χ3n) is 3.43. The molecule has 1 aromatic carbocycles. The molecule has 1 unspecified atom stereocenters. The molecule has 1 saturated heterocycles. The first kappa shape index (κ1) is 13.9. The van der Waals surface area contributed by atoms with E-state index < -0.39 is 5.41 Å². The number of hydrogen-bond donors (Lipinski definition) is 1. The standard InChI is InChI=1S/C14H16ClNO3/c1-2-19-13(18)14(8-7-12(17)16-9-14)10-3-5-11(15)6-4-10/h3-6H,2,7-9H2,1H3,(H,16,17). The summed E-state index contributed by atoms with van der Waals surface area (Å²) in [6, 6.07) is 7.12. The molecule has 102 valence electrons. The first-order valence-electron chi connectivity index (χ1n) is 6.28. The predicted octanol–water partition coefficient (Wildman–Crippen LogP) is 2.05. The van der Waals surface area contributed by atoms with Gasteiger partial charge in [-0.25, -0.2) is 0 Å². The fourth-order valence-electron chi connectivity index (χ4n) is 2.33. The van der Waals surface area contributed by atoms with E-state index in [9.17, 15) is 9.59 Å². The SMILES string of the molecule is CCOC(=O)C1(c2ccc(Cl)cc2)CCC(=O)NC1. The molecule has 1 fully saturated rings. The molecule has 0 saturated carbocycles. The summed E-state index contributed by atoms with van der Waals surface area (Å²) in [5, 5.41) is 3.37. The highest BCUT2D eigenvalue weighted by molar-refractivity contribution is 6.30. The molecule has 1 aromatic rings. The van der Waals surface area contributed by atoms with Crippen LogP contribution in [0.25, 0.3) is 0 Å². The van der Waals surface area contributed by atoms with Gasteiger partial charge in [-0.15, -0.1) is 0 Å². The average molecular weight is 282 g/mol. The molecule has 1 atom stereocenters. The monoisotopic (exact) mass is 281 g/mol. The Morgan fingerprint density at radius 1 is 1.42 bits per heavy atom. The molecule has 0 radical (unpaired) electrons. The van der Waals surface area contributed by atoms with E-state index in [4.69, 9.17) is 16.3 Å². The molecule has 0 aromatic heterocycles. The lowest BCUT2D eigenvalue weighted by Crippen LogP contribution is -2.51. The van der Waals surface area contributed by atoms with E-state index in [1.54, 1.807) is 19.1 Å². The van der Waals surface area contributed by atoms with Crippen LogP contribution in [0.5, 0.6) is 0 Å². The smallest absolute Gasteiger partial charge is 0.318 e. The Balaban J connectivity index is 2.36. The van der Waals surface area contributed by atoms with E-state index in [-0.39, 0.29) is 18.4 Å². The summed E-state index contributed by atoms with van der Waals surface area (Å²) >= 11 is 5.87. The van der Waals surface area contributed by atoms with Gasteiger partial charge in [-0.3, -0.25) is 9.59 Å². The molecule has 1 heterocycles. The summed E-state index contributed by atoms with van der Waals surface area (Å²) in [4.78, 5) is 23.6. The highest BCUT2D eigenvalue weighted by atomic mass is 35.5. The van der Waals surface area contributed by atoms with Crippen LogP contribution in [0.4, 0.5) is 0 Å². The second-order valence-corrected chi connectivity index (χ2v) is 5.02. The maximum atomic E-state index is 12.3. The molecule has 1 N–H and O–H groups in total. The zero-order chi connectivity index (χ0) is 13.9. The Morgan fingerprint density at radius 2 is 2.11 bits per heavy atom. The summed E-state index contributed by atoms with van der Waals surface area (Å²) in [7, 11) is 0. The summed E-state index contributed by atoms with van der Waals surface area (Å²) in [5.74, 6) is -0.328. The fourth-order valence-corrected chi connectivity index (χ4v) is 2.46. The van der Waals surface area contributed by atoms with Gasteiger partial charge in [0.05, 0.1) is 6.61 Å². The minimum atomic E-state index is -0.797. The van der Waals surface area contributed by atoms with Gasteiger partial charge in [0.15, 0.2) is 0 Å². The summed E-state index contributed by atoms with van der Waals surface area (Å²) in [6.07, 6.45) is 0.779. The van der Waals surface area contributed by atoms with Gasteiger partial charge in [-0.2, -0.15) is 0 Å². The minimum Gasteiger partial charge on any atom is -0.465 e. The number of hydrogen-bond acceptors (Lipinski definition) is 3. The van der Waals surface area contributed by atoms with Crippen molar-refractivity contribution < 1.29 is 14.3 Å². The Kier molecular flexibility index (Phi) is 4.10. The molecule has 1 aliphatic rings. The van der Waals surface area contributed by atoms with Crippen LogP contribution in [0, 0.1) is 0 Å². The van der Waals surface area contributed by atoms with Gasteiger partial charge in [0.2, 0.25) is 5.91 Å².